The second-order valence-corrected chi connectivity index (χ2v) is 6.61. The van der Waals surface area contributed by atoms with Crippen molar-refractivity contribution in [1.82, 2.24) is 20.1 Å². The standard InChI is InChI=1S/C18H18ClN5O/c1-10-8-21-16-11(15(10)19)4-3-5-13(16)22-18(25)17-12-9-20-7-6-14(12)24(2)23-17/h3-5,8,20H,6-7,9H2,1-2H3,(H,22,25). The number of carbonyl (C=O) groups is 1. The summed E-state index contributed by atoms with van der Waals surface area (Å²) in [5.41, 5.74) is 4.75. The number of aryl methyl sites for hydroxylation is 2. The van der Waals surface area contributed by atoms with E-state index in [0.717, 1.165) is 35.2 Å². The third kappa shape index (κ3) is 2.67. The number of anilines is 1. The summed E-state index contributed by atoms with van der Waals surface area (Å²) < 4.78 is 1.80. The first-order valence-electron chi connectivity index (χ1n) is 8.17. The number of hydrogen-bond acceptors (Lipinski definition) is 4. The van der Waals surface area contributed by atoms with Crippen LogP contribution in [0.15, 0.2) is 24.4 Å². The molecule has 4 rings (SSSR count). The summed E-state index contributed by atoms with van der Waals surface area (Å²) in [6.07, 6.45) is 2.59. The number of fused-ring (bicyclic) bond motifs is 2. The Morgan fingerprint density at radius 3 is 3.08 bits per heavy atom. The van der Waals surface area contributed by atoms with Crippen molar-refractivity contribution in [2.24, 2.45) is 7.05 Å². The van der Waals surface area contributed by atoms with Gasteiger partial charge in [0.05, 0.1) is 16.2 Å². The van der Waals surface area contributed by atoms with E-state index >= 15 is 0 Å². The summed E-state index contributed by atoms with van der Waals surface area (Å²) in [5, 5.41) is 12.1. The van der Waals surface area contributed by atoms with E-state index in [9.17, 15) is 4.79 Å². The zero-order chi connectivity index (χ0) is 17.6. The predicted molar refractivity (Wildman–Crippen MR) is 98.1 cm³/mol. The van der Waals surface area contributed by atoms with E-state index in [2.05, 4.69) is 20.7 Å². The van der Waals surface area contributed by atoms with Crippen LogP contribution in [0.2, 0.25) is 5.02 Å². The maximum Gasteiger partial charge on any atom is 0.276 e. The van der Waals surface area contributed by atoms with Gasteiger partial charge in [0.2, 0.25) is 0 Å². The van der Waals surface area contributed by atoms with Crippen LogP contribution in [-0.2, 0) is 20.0 Å². The van der Waals surface area contributed by atoms with Crippen LogP contribution in [0, 0.1) is 6.92 Å². The van der Waals surface area contributed by atoms with Crippen LogP contribution in [0.5, 0.6) is 0 Å². The highest BCUT2D eigenvalue weighted by Crippen LogP contribution is 2.30. The molecule has 6 nitrogen and oxygen atoms in total. The summed E-state index contributed by atoms with van der Waals surface area (Å²) in [4.78, 5) is 17.3. The van der Waals surface area contributed by atoms with E-state index in [4.69, 9.17) is 11.6 Å². The van der Waals surface area contributed by atoms with Crippen molar-refractivity contribution in [2.75, 3.05) is 11.9 Å². The van der Waals surface area contributed by atoms with Crippen LogP contribution in [0.3, 0.4) is 0 Å². The van der Waals surface area contributed by atoms with Crippen molar-refractivity contribution in [3.05, 3.63) is 51.9 Å². The van der Waals surface area contributed by atoms with Gasteiger partial charge in [-0.2, -0.15) is 5.10 Å². The largest absolute Gasteiger partial charge is 0.319 e. The van der Waals surface area contributed by atoms with Gasteiger partial charge in [-0.25, -0.2) is 0 Å². The first-order chi connectivity index (χ1) is 12.1. The van der Waals surface area contributed by atoms with Gasteiger partial charge in [-0.1, -0.05) is 23.7 Å². The normalized spacial score (nSPS) is 13.7. The van der Waals surface area contributed by atoms with Gasteiger partial charge in [0.15, 0.2) is 5.69 Å². The van der Waals surface area contributed by atoms with Crippen molar-refractivity contribution in [1.29, 1.82) is 0 Å². The summed E-state index contributed by atoms with van der Waals surface area (Å²) in [5.74, 6) is -0.230. The molecule has 1 aliphatic rings. The van der Waals surface area contributed by atoms with Crippen LogP contribution >= 0.6 is 11.6 Å². The molecular formula is C18H18ClN5O. The quantitative estimate of drug-likeness (QED) is 0.741. The fourth-order valence-corrected chi connectivity index (χ4v) is 3.48. The molecule has 7 heteroatoms. The molecule has 25 heavy (non-hydrogen) atoms. The number of amides is 1. The molecule has 0 saturated carbocycles. The molecule has 0 fully saturated rings. The molecule has 0 spiro atoms. The molecule has 0 unspecified atom stereocenters. The number of para-hydroxylation sites is 1. The number of pyridine rings is 1. The molecule has 2 aromatic heterocycles. The summed E-state index contributed by atoms with van der Waals surface area (Å²) in [7, 11) is 1.88. The van der Waals surface area contributed by atoms with Crippen molar-refractivity contribution < 1.29 is 4.79 Å². The van der Waals surface area contributed by atoms with Crippen molar-refractivity contribution in [3.63, 3.8) is 0 Å². The highest BCUT2D eigenvalue weighted by atomic mass is 35.5. The molecule has 0 aliphatic carbocycles. The minimum absolute atomic E-state index is 0.230. The van der Waals surface area contributed by atoms with Crippen LogP contribution in [-0.4, -0.2) is 27.2 Å². The summed E-state index contributed by atoms with van der Waals surface area (Å²) in [6.45, 7) is 3.47. The molecular weight excluding hydrogens is 338 g/mol. The molecule has 1 aromatic carbocycles. The molecule has 1 aliphatic heterocycles. The Morgan fingerprint density at radius 2 is 2.24 bits per heavy atom. The molecule has 1 amide bonds. The van der Waals surface area contributed by atoms with Crippen molar-refractivity contribution in [2.45, 2.75) is 19.9 Å². The topological polar surface area (TPSA) is 71.8 Å². The number of benzene rings is 1. The SMILES string of the molecule is Cc1cnc2c(NC(=O)c3nn(C)c4c3CNCC4)cccc2c1Cl. The van der Waals surface area contributed by atoms with Gasteiger partial charge in [-0.15, -0.1) is 0 Å². The molecule has 3 heterocycles. The molecule has 0 radical (unpaired) electrons. The lowest BCUT2D eigenvalue weighted by Gasteiger charge is -2.14. The lowest BCUT2D eigenvalue weighted by molar-refractivity contribution is 0.102. The average molecular weight is 356 g/mol. The Kier molecular flexibility index (Phi) is 3.94. The first-order valence-corrected chi connectivity index (χ1v) is 8.54. The Labute approximate surface area is 150 Å². The second-order valence-electron chi connectivity index (χ2n) is 6.24. The number of hydrogen-bond donors (Lipinski definition) is 2. The molecule has 2 N–H and O–H groups in total. The van der Waals surface area contributed by atoms with Gasteiger partial charge in [-0.3, -0.25) is 14.5 Å². The summed E-state index contributed by atoms with van der Waals surface area (Å²) in [6, 6.07) is 5.59. The smallest absolute Gasteiger partial charge is 0.276 e. The minimum Gasteiger partial charge on any atom is -0.319 e. The molecule has 0 saturated heterocycles. The van der Waals surface area contributed by atoms with Crippen LogP contribution in [0.4, 0.5) is 5.69 Å². The average Bonchev–Trinajstić information content (AvgIpc) is 2.96. The number of nitrogens with zero attached hydrogens (tertiary/aromatic N) is 3. The summed E-state index contributed by atoms with van der Waals surface area (Å²) >= 11 is 6.37. The van der Waals surface area contributed by atoms with Crippen LogP contribution in [0.25, 0.3) is 10.9 Å². The Morgan fingerprint density at radius 1 is 1.40 bits per heavy atom. The fraction of sp³-hybridized carbons (Fsp3) is 0.278. The zero-order valence-corrected chi connectivity index (χ0v) is 14.8. The van der Waals surface area contributed by atoms with E-state index < -0.39 is 0 Å². The highest BCUT2D eigenvalue weighted by Gasteiger charge is 2.24. The van der Waals surface area contributed by atoms with Crippen molar-refractivity contribution in [3.8, 4) is 0 Å². The van der Waals surface area contributed by atoms with Gasteiger partial charge in [0, 0.05) is 49.4 Å². The van der Waals surface area contributed by atoms with Gasteiger partial charge >= 0.3 is 0 Å². The zero-order valence-electron chi connectivity index (χ0n) is 14.1. The van der Waals surface area contributed by atoms with E-state index in [1.54, 1.807) is 10.9 Å². The van der Waals surface area contributed by atoms with Gasteiger partial charge in [-0.05, 0) is 18.6 Å². The molecule has 128 valence electrons. The van der Waals surface area contributed by atoms with Crippen LogP contribution in [0.1, 0.15) is 27.3 Å². The molecule has 0 bridgehead atoms. The number of carbonyl (C=O) groups excluding carboxylic acids is 1. The van der Waals surface area contributed by atoms with Crippen LogP contribution < -0.4 is 10.6 Å². The third-order valence-electron chi connectivity index (χ3n) is 4.58. The molecule has 3 aromatic rings. The number of halogens is 1. The van der Waals surface area contributed by atoms with Gasteiger partial charge in [0.25, 0.3) is 5.91 Å². The Bertz CT molecular complexity index is 995. The van der Waals surface area contributed by atoms with Gasteiger partial charge < -0.3 is 10.6 Å². The Hall–Kier alpha value is -2.44. The van der Waals surface area contributed by atoms with E-state index in [-0.39, 0.29) is 5.91 Å². The Balaban J connectivity index is 1.73. The van der Waals surface area contributed by atoms with Crippen molar-refractivity contribution >= 4 is 34.1 Å². The highest BCUT2D eigenvalue weighted by molar-refractivity contribution is 6.36. The van der Waals surface area contributed by atoms with E-state index in [1.165, 1.54) is 0 Å². The number of aromatic nitrogens is 3. The number of nitrogens with one attached hydrogen (secondary N) is 2. The number of rotatable bonds is 2. The third-order valence-corrected chi connectivity index (χ3v) is 5.09. The van der Waals surface area contributed by atoms with E-state index in [1.807, 2.05) is 32.2 Å². The second kappa shape index (κ2) is 6.13. The predicted octanol–water partition coefficient (Wildman–Crippen LogP) is 2.83. The molecule has 0 atom stereocenters. The van der Waals surface area contributed by atoms with Gasteiger partial charge in [0.1, 0.15) is 0 Å². The lowest BCUT2D eigenvalue weighted by Crippen LogP contribution is -2.26. The maximum atomic E-state index is 12.8. The fourth-order valence-electron chi connectivity index (χ4n) is 3.28. The minimum atomic E-state index is -0.230. The first kappa shape index (κ1) is 16.1. The monoisotopic (exact) mass is 355 g/mol. The van der Waals surface area contributed by atoms with E-state index in [0.29, 0.717) is 28.5 Å². The maximum absolute atomic E-state index is 12.8. The lowest BCUT2D eigenvalue weighted by atomic mass is 10.1.